The predicted octanol–water partition coefficient (Wildman–Crippen LogP) is 20.2. The van der Waals surface area contributed by atoms with Crippen molar-refractivity contribution in [3.8, 4) is 33.4 Å². The van der Waals surface area contributed by atoms with Crippen molar-refractivity contribution in [1.29, 1.82) is 0 Å². The number of hydrogen-bond donors (Lipinski definition) is 0. The van der Waals surface area contributed by atoms with Gasteiger partial charge in [-0.25, -0.2) is 0 Å². The normalized spacial score (nSPS) is 12.1. The third-order valence-corrected chi connectivity index (χ3v) is 15.7. The first-order chi connectivity index (χ1) is 36.2. The van der Waals surface area contributed by atoms with Crippen molar-refractivity contribution in [2.75, 3.05) is 9.80 Å². The molecule has 4 nitrogen and oxygen atoms in total. The molecule has 0 fully saturated rings. The van der Waals surface area contributed by atoms with Gasteiger partial charge in [0.2, 0.25) is 0 Å². The first kappa shape index (κ1) is 41.5. The average Bonchev–Trinajstić information content (AvgIpc) is 4.03. The molecule has 12 aromatic carbocycles. The van der Waals surface area contributed by atoms with Crippen molar-refractivity contribution in [2.24, 2.45) is 0 Å². The molecule has 1 aliphatic heterocycles. The van der Waals surface area contributed by atoms with Crippen LogP contribution in [0.25, 0.3) is 98.8 Å². The van der Waals surface area contributed by atoms with Crippen LogP contribution in [0.2, 0.25) is 0 Å². The highest BCUT2D eigenvalue weighted by molar-refractivity contribution is 7.99. The quantitative estimate of drug-likeness (QED) is 0.142. The topological polar surface area (TPSA) is 32.8 Å². The molecule has 0 atom stereocenters. The smallest absolute Gasteiger partial charge is 0.159 e. The van der Waals surface area contributed by atoms with E-state index in [1.54, 1.807) is 0 Å². The zero-order valence-electron chi connectivity index (χ0n) is 39.4. The molecule has 0 amide bonds. The highest BCUT2D eigenvalue weighted by atomic mass is 32.2. The lowest BCUT2D eigenvalue weighted by Gasteiger charge is -2.30. The predicted molar refractivity (Wildman–Crippen MR) is 306 cm³/mol. The molecule has 0 N–H and O–H groups in total. The zero-order valence-corrected chi connectivity index (χ0v) is 40.2. The van der Waals surface area contributed by atoms with Crippen LogP contribution in [0.3, 0.4) is 0 Å². The van der Waals surface area contributed by atoms with Gasteiger partial charge < -0.3 is 18.6 Å². The molecular formula is C68H42N2O2S. The Balaban J connectivity index is 0.901. The van der Waals surface area contributed by atoms with Gasteiger partial charge in [-0.1, -0.05) is 182 Å². The van der Waals surface area contributed by atoms with Crippen molar-refractivity contribution in [2.45, 2.75) is 9.79 Å². The summed E-state index contributed by atoms with van der Waals surface area (Å²) in [5, 5.41) is 9.28. The molecule has 0 saturated heterocycles. The maximum Gasteiger partial charge on any atom is 0.159 e. The average molecular weight is 951 g/mol. The molecule has 5 heteroatoms. The van der Waals surface area contributed by atoms with E-state index >= 15 is 0 Å². The minimum Gasteiger partial charge on any atom is -0.456 e. The van der Waals surface area contributed by atoms with Crippen LogP contribution in [0, 0.1) is 0 Å². The second-order valence-electron chi connectivity index (χ2n) is 18.8. The van der Waals surface area contributed by atoms with Gasteiger partial charge in [-0.05, 0) is 123 Å². The van der Waals surface area contributed by atoms with Crippen molar-refractivity contribution in [3.05, 3.63) is 255 Å². The number of anilines is 6. The Bertz CT molecular complexity index is 4500. The van der Waals surface area contributed by atoms with E-state index in [2.05, 4.69) is 246 Å². The van der Waals surface area contributed by atoms with Crippen molar-refractivity contribution in [1.82, 2.24) is 0 Å². The molecule has 1 aliphatic rings. The lowest BCUT2D eigenvalue weighted by atomic mass is 9.92. The SMILES string of the molecule is c1ccc(-c2ccccc2N(c2ccc3c(c2)Sc2cccc4c2c-3cc2ccc(N(c3ccccc3-c3ccccc3)c3cccc5c3oc3ccccc35)cc24)c2ccc3oc4ccccc4c3c2)cc1. The van der Waals surface area contributed by atoms with E-state index in [1.807, 2.05) is 30.0 Å². The summed E-state index contributed by atoms with van der Waals surface area (Å²) in [5.41, 5.74) is 16.9. The Kier molecular flexibility index (Phi) is 9.47. The van der Waals surface area contributed by atoms with Crippen molar-refractivity contribution >= 4 is 111 Å². The fourth-order valence-corrected chi connectivity index (χ4v) is 12.5. The highest BCUT2D eigenvalue weighted by Gasteiger charge is 2.27. The Morgan fingerprint density at radius 1 is 0.288 bits per heavy atom. The monoisotopic (exact) mass is 950 g/mol. The van der Waals surface area contributed by atoms with E-state index in [9.17, 15) is 0 Å². The summed E-state index contributed by atoms with van der Waals surface area (Å²) in [6.07, 6.45) is 0. The van der Waals surface area contributed by atoms with Crippen LogP contribution in [-0.2, 0) is 0 Å². The Hall–Kier alpha value is -9.29. The standard InChI is InChI=1S/C68H42N2O2S/c1-3-17-43(18-4-1)49-21-7-11-27-59(49)69(46-36-38-64-57(41-46)52-24-10-13-30-62(52)71-64)48-35-37-53-58-39-45-33-34-47(40-56(45)54-25-16-32-65(67(54)58)73-66(53)42-48)70(60-28-12-8-22-50(60)44-19-5-2-6-20-44)61-29-15-26-55-51-23-9-14-31-63(51)72-68(55)61/h1-42H. The molecule has 73 heavy (non-hydrogen) atoms. The van der Waals surface area contributed by atoms with Crippen LogP contribution >= 0.6 is 11.8 Å². The third kappa shape index (κ3) is 6.70. The molecule has 0 radical (unpaired) electrons. The van der Waals surface area contributed by atoms with Crippen LogP contribution in [-0.4, -0.2) is 0 Å². The molecule has 14 aromatic rings. The summed E-state index contributed by atoms with van der Waals surface area (Å²) in [7, 11) is 0. The molecule has 0 aliphatic carbocycles. The van der Waals surface area contributed by atoms with E-state index in [0.717, 1.165) is 100 Å². The second-order valence-corrected chi connectivity index (χ2v) is 19.8. The van der Waals surface area contributed by atoms with Gasteiger partial charge in [0.05, 0.1) is 17.1 Å². The number of hydrogen-bond acceptors (Lipinski definition) is 5. The number of nitrogens with zero attached hydrogens (tertiary/aromatic N) is 2. The highest BCUT2D eigenvalue weighted by Crippen LogP contribution is 2.53. The van der Waals surface area contributed by atoms with Crippen LogP contribution in [0.1, 0.15) is 0 Å². The molecule has 0 bridgehead atoms. The molecule has 2 aromatic heterocycles. The number of para-hydroxylation sites is 5. The fourth-order valence-electron chi connectivity index (χ4n) is 11.3. The Morgan fingerprint density at radius 2 is 0.822 bits per heavy atom. The van der Waals surface area contributed by atoms with Crippen LogP contribution in [0.4, 0.5) is 34.1 Å². The molecule has 0 spiro atoms. The minimum absolute atomic E-state index is 0.855. The second kappa shape index (κ2) is 16.7. The van der Waals surface area contributed by atoms with Gasteiger partial charge in [-0.15, -0.1) is 0 Å². The van der Waals surface area contributed by atoms with E-state index in [1.165, 1.54) is 42.5 Å². The van der Waals surface area contributed by atoms with Crippen molar-refractivity contribution < 1.29 is 8.83 Å². The molecule has 3 heterocycles. The van der Waals surface area contributed by atoms with Crippen LogP contribution in [0.5, 0.6) is 0 Å². The maximum atomic E-state index is 6.77. The summed E-state index contributed by atoms with van der Waals surface area (Å²) in [6.45, 7) is 0. The van der Waals surface area contributed by atoms with Gasteiger partial charge in [0, 0.05) is 64.9 Å². The molecule has 342 valence electrons. The Labute approximate surface area is 425 Å². The molecule has 0 saturated carbocycles. The summed E-state index contributed by atoms with van der Waals surface area (Å²) in [5.74, 6) is 0. The van der Waals surface area contributed by atoms with Gasteiger partial charge in [-0.2, -0.15) is 0 Å². The number of rotatable bonds is 8. The number of furan rings is 2. The lowest BCUT2D eigenvalue weighted by Crippen LogP contribution is -2.12. The number of fused-ring (bicyclic) bond motifs is 10. The van der Waals surface area contributed by atoms with Gasteiger partial charge in [0.1, 0.15) is 16.7 Å². The minimum atomic E-state index is 0.855. The van der Waals surface area contributed by atoms with Crippen LogP contribution < -0.4 is 9.80 Å². The number of benzene rings is 12. The summed E-state index contributed by atoms with van der Waals surface area (Å²) in [4.78, 5) is 7.26. The van der Waals surface area contributed by atoms with Gasteiger partial charge >= 0.3 is 0 Å². The maximum absolute atomic E-state index is 6.77. The van der Waals surface area contributed by atoms with Gasteiger partial charge in [0.15, 0.2) is 5.58 Å². The molecular weight excluding hydrogens is 909 g/mol. The fraction of sp³-hybridized carbons (Fsp3) is 0. The van der Waals surface area contributed by atoms with E-state index in [-0.39, 0.29) is 0 Å². The summed E-state index contributed by atoms with van der Waals surface area (Å²) in [6, 6.07) is 91.7. The molecule has 15 rings (SSSR count). The Morgan fingerprint density at radius 3 is 1.59 bits per heavy atom. The van der Waals surface area contributed by atoms with Gasteiger partial charge in [-0.3, -0.25) is 0 Å². The summed E-state index contributed by atoms with van der Waals surface area (Å²) < 4.78 is 13.1. The largest absolute Gasteiger partial charge is 0.456 e. The first-order valence-electron chi connectivity index (χ1n) is 24.7. The zero-order chi connectivity index (χ0) is 48.0. The lowest BCUT2D eigenvalue weighted by molar-refractivity contribution is 0.668. The summed E-state index contributed by atoms with van der Waals surface area (Å²) >= 11 is 1.85. The van der Waals surface area contributed by atoms with Crippen LogP contribution in [0.15, 0.2) is 273 Å². The van der Waals surface area contributed by atoms with Crippen molar-refractivity contribution in [3.63, 3.8) is 0 Å². The van der Waals surface area contributed by atoms with E-state index in [4.69, 9.17) is 8.83 Å². The van der Waals surface area contributed by atoms with Gasteiger partial charge in [0.25, 0.3) is 0 Å². The van der Waals surface area contributed by atoms with E-state index in [0.29, 0.717) is 0 Å². The molecule has 0 unspecified atom stereocenters. The first-order valence-corrected chi connectivity index (χ1v) is 25.5. The third-order valence-electron chi connectivity index (χ3n) is 14.6. The van der Waals surface area contributed by atoms with E-state index < -0.39 is 0 Å².